The fourth-order valence-electron chi connectivity index (χ4n) is 3.14. The Morgan fingerprint density at radius 3 is 2.66 bits per heavy atom. The molecule has 0 saturated heterocycles. The van der Waals surface area contributed by atoms with Gasteiger partial charge >= 0.3 is 0 Å². The average Bonchev–Trinajstić information content (AvgIpc) is 3.37. The lowest BCUT2D eigenvalue weighted by atomic mass is 10.2. The third-order valence-electron chi connectivity index (χ3n) is 4.84. The van der Waals surface area contributed by atoms with Gasteiger partial charge in [-0.25, -0.2) is 0 Å². The lowest BCUT2D eigenvalue weighted by Gasteiger charge is -2.14. The second-order valence-corrected chi connectivity index (χ2v) is 9.29. The molecule has 0 fully saturated rings. The summed E-state index contributed by atoms with van der Waals surface area (Å²) in [6.45, 7) is 4.25. The second kappa shape index (κ2) is 9.81. The van der Waals surface area contributed by atoms with E-state index < -0.39 is 5.25 Å². The summed E-state index contributed by atoms with van der Waals surface area (Å²) in [6, 6.07) is 16.8. The molecule has 4 rings (SSSR count). The number of amides is 1. The molecule has 0 radical (unpaired) electrons. The number of carbonyl (C=O) groups excluding carboxylic acids is 1. The molecule has 164 valence electrons. The van der Waals surface area contributed by atoms with Crippen molar-refractivity contribution in [3.8, 4) is 11.4 Å². The predicted molar refractivity (Wildman–Crippen MR) is 128 cm³/mol. The smallest absolute Gasteiger partial charge is 0.237 e. The molecule has 1 N–H and O–H groups in total. The van der Waals surface area contributed by atoms with Gasteiger partial charge in [0.05, 0.1) is 34.3 Å². The van der Waals surface area contributed by atoms with Gasteiger partial charge in [0.1, 0.15) is 5.76 Å². The number of benzene rings is 2. The number of nitrogens with one attached hydrogen (secondary N) is 1. The van der Waals surface area contributed by atoms with Crippen molar-refractivity contribution in [1.82, 2.24) is 14.8 Å². The molecule has 2 aromatic heterocycles. The number of aryl methyl sites for hydroxylation is 1. The lowest BCUT2D eigenvalue weighted by Crippen LogP contribution is -2.23. The van der Waals surface area contributed by atoms with Crippen LogP contribution in [0, 0.1) is 6.92 Å². The normalized spacial score (nSPS) is 12.0. The van der Waals surface area contributed by atoms with Crippen molar-refractivity contribution >= 4 is 46.6 Å². The predicted octanol–water partition coefficient (Wildman–Crippen LogP) is 6.32. The Kier molecular flexibility index (Phi) is 6.89. The first kappa shape index (κ1) is 22.5. The van der Waals surface area contributed by atoms with Crippen LogP contribution in [0.25, 0.3) is 11.4 Å². The first-order valence-corrected chi connectivity index (χ1v) is 11.5. The molecule has 2 aromatic carbocycles. The van der Waals surface area contributed by atoms with E-state index in [-0.39, 0.29) is 5.91 Å². The number of rotatable bonds is 7. The number of aromatic nitrogens is 3. The molecule has 6 nitrogen and oxygen atoms in total. The maximum atomic E-state index is 12.8. The highest BCUT2D eigenvalue weighted by Crippen LogP contribution is 2.31. The minimum Gasteiger partial charge on any atom is -0.469 e. The van der Waals surface area contributed by atoms with E-state index in [2.05, 4.69) is 15.5 Å². The molecule has 0 unspecified atom stereocenters. The largest absolute Gasteiger partial charge is 0.469 e. The van der Waals surface area contributed by atoms with Gasteiger partial charge in [0, 0.05) is 5.02 Å². The molecule has 0 spiro atoms. The number of nitrogens with zero attached hydrogens (tertiary/aromatic N) is 3. The Balaban J connectivity index is 1.60. The third-order valence-corrected chi connectivity index (χ3v) is 6.48. The molecule has 0 aliphatic rings. The average molecular weight is 487 g/mol. The molecule has 1 atom stereocenters. The highest BCUT2D eigenvalue weighted by atomic mass is 35.5. The van der Waals surface area contributed by atoms with Gasteiger partial charge in [-0.3, -0.25) is 9.36 Å². The van der Waals surface area contributed by atoms with Crippen molar-refractivity contribution in [1.29, 1.82) is 0 Å². The van der Waals surface area contributed by atoms with Crippen LogP contribution in [0.15, 0.2) is 70.4 Å². The number of hydrogen-bond acceptors (Lipinski definition) is 5. The van der Waals surface area contributed by atoms with Crippen LogP contribution in [-0.4, -0.2) is 25.9 Å². The van der Waals surface area contributed by atoms with Gasteiger partial charge in [-0.05, 0) is 43.7 Å². The summed E-state index contributed by atoms with van der Waals surface area (Å²) in [5, 5.41) is 12.7. The molecule has 0 aliphatic carbocycles. The third kappa shape index (κ3) is 5.01. The van der Waals surface area contributed by atoms with Gasteiger partial charge in [-0.1, -0.05) is 65.3 Å². The van der Waals surface area contributed by atoms with E-state index in [1.165, 1.54) is 11.8 Å². The zero-order valence-corrected chi connectivity index (χ0v) is 19.7. The fourth-order valence-corrected chi connectivity index (χ4v) is 4.33. The fraction of sp³-hybridized carbons (Fsp3) is 0.174. The van der Waals surface area contributed by atoms with E-state index in [0.717, 1.165) is 16.9 Å². The topological polar surface area (TPSA) is 72.9 Å². The number of furan rings is 1. The quantitative estimate of drug-likeness (QED) is 0.309. The number of anilines is 1. The molecule has 0 saturated carbocycles. The Bertz CT molecular complexity index is 1240. The zero-order chi connectivity index (χ0) is 22.7. The first-order valence-electron chi connectivity index (χ1n) is 9.86. The maximum absolute atomic E-state index is 12.8. The van der Waals surface area contributed by atoms with Crippen LogP contribution in [0.3, 0.4) is 0 Å². The van der Waals surface area contributed by atoms with Crippen LogP contribution >= 0.6 is 35.0 Å². The van der Waals surface area contributed by atoms with Gasteiger partial charge in [-0.15, -0.1) is 10.2 Å². The molecule has 0 aliphatic heterocycles. The van der Waals surface area contributed by atoms with Crippen LogP contribution < -0.4 is 5.32 Å². The highest BCUT2D eigenvalue weighted by molar-refractivity contribution is 8.00. The van der Waals surface area contributed by atoms with Gasteiger partial charge in [0.25, 0.3) is 0 Å². The van der Waals surface area contributed by atoms with Gasteiger partial charge in [0.2, 0.25) is 5.91 Å². The summed E-state index contributed by atoms with van der Waals surface area (Å²) in [5.41, 5.74) is 2.43. The summed E-state index contributed by atoms with van der Waals surface area (Å²) in [7, 11) is 0. The van der Waals surface area contributed by atoms with E-state index in [0.29, 0.717) is 33.3 Å². The Morgan fingerprint density at radius 2 is 1.94 bits per heavy atom. The summed E-state index contributed by atoms with van der Waals surface area (Å²) in [6.07, 6.45) is 1.63. The maximum Gasteiger partial charge on any atom is 0.237 e. The van der Waals surface area contributed by atoms with Gasteiger partial charge < -0.3 is 9.73 Å². The molecule has 2 heterocycles. The van der Waals surface area contributed by atoms with Crippen molar-refractivity contribution < 1.29 is 9.21 Å². The minimum atomic E-state index is -0.456. The zero-order valence-electron chi connectivity index (χ0n) is 17.4. The minimum absolute atomic E-state index is 0.213. The van der Waals surface area contributed by atoms with E-state index in [9.17, 15) is 4.79 Å². The molecule has 32 heavy (non-hydrogen) atoms. The van der Waals surface area contributed by atoms with Crippen LogP contribution in [0.5, 0.6) is 0 Å². The lowest BCUT2D eigenvalue weighted by molar-refractivity contribution is -0.115. The number of halogens is 2. The van der Waals surface area contributed by atoms with Crippen LogP contribution in [0.1, 0.15) is 18.2 Å². The molecule has 9 heteroatoms. The van der Waals surface area contributed by atoms with Crippen LogP contribution in [0.4, 0.5) is 5.69 Å². The Morgan fingerprint density at radius 1 is 1.16 bits per heavy atom. The SMILES string of the molecule is Cc1occc1-c1nnc(S[C@H](C)C(=O)Nc2cc(Cl)ccc2Cl)n1Cc1ccccc1. The molecular formula is C23H20Cl2N4O2S. The van der Waals surface area contributed by atoms with E-state index in [4.69, 9.17) is 27.6 Å². The molecular weight excluding hydrogens is 467 g/mol. The number of carbonyl (C=O) groups is 1. The summed E-state index contributed by atoms with van der Waals surface area (Å²) < 4.78 is 7.46. The number of thioether (sulfide) groups is 1. The van der Waals surface area contributed by atoms with Crippen molar-refractivity contribution in [3.63, 3.8) is 0 Å². The van der Waals surface area contributed by atoms with Crippen molar-refractivity contribution in [2.75, 3.05) is 5.32 Å². The first-order chi connectivity index (χ1) is 15.4. The van der Waals surface area contributed by atoms with Crippen molar-refractivity contribution in [2.45, 2.75) is 30.8 Å². The molecule has 4 aromatic rings. The highest BCUT2D eigenvalue weighted by Gasteiger charge is 2.23. The van der Waals surface area contributed by atoms with Crippen molar-refractivity contribution in [3.05, 3.63) is 82.2 Å². The standard InChI is InChI=1S/C23H20Cl2N4O2S/c1-14-18(10-11-31-14)21-27-28-23(29(21)13-16-6-4-3-5-7-16)32-15(2)22(30)26-20-12-17(24)8-9-19(20)25/h3-12,15H,13H2,1-2H3,(H,26,30)/t15-/m1/s1. The van der Waals surface area contributed by atoms with Gasteiger partial charge in [-0.2, -0.15) is 0 Å². The second-order valence-electron chi connectivity index (χ2n) is 7.14. The van der Waals surface area contributed by atoms with Gasteiger partial charge in [0.15, 0.2) is 11.0 Å². The van der Waals surface area contributed by atoms with E-state index >= 15 is 0 Å². The summed E-state index contributed by atoms with van der Waals surface area (Å²) in [5.74, 6) is 1.23. The van der Waals surface area contributed by atoms with Crippen LogP contribution in [-0.2, 0) is 11.3 Å². The number of hydrogen-bond donors (Lipinski definition) is 1. The van der Waals surface area contributed by atoms with Crippen LogP contribution in [0.2, 0.25) is 10.0 Å². The Hall–Kier alpha value is -2.74. The van der Waals surface area contributed by atoms with Crippen molar-refractivity contribution in [2.24, 2.45) is 0 Å². The molecule has 1 amide bonds. The van der Waals surface area contributed by atoms with E-state index in [1.54, 1.807) is 24.5 Å². The van der Waals surface area contributed by atoms with E-state index in [1.807, 2.05) is 54.8 Å². The summed E-state index contributed by atoms with van der Waals surface area (Å²) in [4.78, 5) is 12.8. The Labute approximate surface area is 199 Å². The summed E-state index contributed by atoms with van der Waals surface area (Å²) >= 11 is 13.5. The molecule has 0 bridgehead atoms. The monoisotopic (exact) mass is 486 g/mol.